The molecule has 0 aliphatic heterocycles. The van der Waals surface area contributed by atoms with Crippen molar-refractivity contribution in [2.24, 2.45) is 0 Å². The maximum atomic E-state index is 12.2. The lowest BCUT2D eigenvalue weighted by Gasteiger charge is -2.09. The molecule has 0 saturated carbocycles. The van der Waals surface area contributed by atoms with Crippen molar-refractivity contribution in [3.05, 3.63) is 52.1 Å². The predicted molar refractivity (Wildman–Crippen MR) is 82.8 cm³/mol. The maximum Gasteiger partial charge on any atom is 0.257 e. The largest absolute Gasteiger partial charge is 0.370 e. The fraction of sp³-hybridized carbons (Fsp3) is 0.143. The number of anilines is 2. The minimum atomic E-state index is -0.329. The van der Waals surface area contributed by atoms with Crippen LogP contribution in [0.4, 0.5) is 11.5 Å². The van der Waals surface area contributed by atoms with Crippen molar-refractivity contribution >= 4 is 40.6 Å². The molecule has 1 amide bonds. The summed E-state index contributed by atoms with van der Waals surface area (Å²) in [6, 6.07) is 8.62. The molecule has 0 aliphatic carbocycles. The number of pyridine rings is 1. The molecule has 104 valence electrons. The first-order valence-corrected chi connectivity index (χ1v) is 6.82. The Kier molecular flexibility index (Phi) is 4.82. The highest BCUT2D eigenvalue weighted by atomic mass is 35.5. The van der Waals surface area contributed by atoms with Gasteiger partial charge in [-0.2, -0.15) is 0 Å². The number of para-hydroxylation sites is 1. The van der Waals surface area contributed by atoms with Crippen LogP contribution in [0, 0.1) is 0 Å². The molecule has 20 heavy (non-hydrogen) atoms. The number of halogens is 2. The van der Waals surface area contributed by atoms with E-state index in [1.165, 1.54) is 6.20 Å². The quantitative estimate of drug-likeness (QED) is 0.895. The molecule has 2 N–H and O–H groups in total. The summed E-state index contributed by atoms with van der Waals surface area (Å²) >= 11 is 12.0. The van der Waals surface area contributed by atoms with Gasteiger partial charge in [0.2, 0.25) is 0 Å². The van der Waals surface area contributed by atoms with E-state index in [0.29, 0.717) is 28.6 Å². The van der Waals surface area contributed by atoms with Crippen LogP contribution in [-0.4, -0.2) is 17.4 Å². The van der Waals surface area contributed by atoms with E-state index in [4.69, 9.17) is 23.2 Å². The first-order chi connectivity index (χ1) is 9.61. The fourth-order valence-corrected chi connectivity index (χ4v) is 2.01. The second-order valence-electron chi connectivity index (χ2n) is 4.01. The zero-order valence-electron chi connectivity index (χ0n) is 10.8. The van der Waals surface area contributed by atoms with Gasteiger partial charge in [0, 0.05) is 12.7 Å². The number of benzene rings is 1. The highest BCUT2D eigenvalue weighted by Gasteiger charge is 2.13. The third kappa shape index (κ3) is 3.40. The molecule has 0 atom stereocenters. The molecule has 1 heterocycles. The summed E-state index contributed by atoms with van der Waals surface area (Å²) < 4.78 is 0. The number of hydrogen-bond acceptors (Lipinski definition) is 3. The Hall–Kier alpha value is -1.78. The summed E-state index contributed by atoms with van der Waals surface area (Å²) in [6.45, 7) is 2.65. The molecule has 1 aromatic carbocycles. The summed E-state index contributed by atoms with van der Waals surface area (Å²) in [6.07, 6.45) is 1.45. The van der Waals surface area contributed by atoms with Crippen molar-refractivity contribution in [1.29, 1.82) is 0 Å². The molecule has 0 aliphatic rings. The minimum Gasteiger partial charge on any atom is -0.370 e. The average Bonchev–Trinajstić information content (AvgIpc) is 2.43. The Morgan fingerprint density at radius 3 is 2.70 bits per heavy atom. The van der Waals surface area contributed by atoms with Crippen LogP contribution in [0.3, 0.4) is 0 Å². The van der Waals surface area contributed by atoms with Crippen LogP contribution in [0.25, 0.3) is 0 Å². The number of nitrogens with zero attached hydrogens (tertiary/aromatic N) is 1. The third-order valence-electron chi connectivity index (χ3n) is 2.58. The van der Waals surface area contributed by atoms with Crippen molar-refractivity contribution < 1.29 is 4.79 Å². The summed E-state index contributed by atoms with van der Waals surface area (Å²) in [5.74, 6) is 0.269. The number of nitrogens with one attached hydrogen (secondary N) is 2. The first-order valence-electron chi connectivity index (χ1n) is 6.07. The minimum absolute atomic E-state index is 0.288. The Morgan fingerprint density at radius 1 is 1.25 bits per heavy atom. The third-order valence-corrected chi connectivity index (χ3v) is 3.21. The van der Waals surface area contributed by atoms with E-state index < -0.39 is 0 Å². The smallest absolute Gasteiger partial charge is 0.257 e. The molecule has 0 fully saturated rings. The van der Waals surface area contributed by atoms with Gasteiger partial charge in [0.25, 0.3) is 5.91 Å². The van der Waals surface area contributed by atoms with Gasteiger partial charge < -0.3 is 10.6 Å². The summed E-state index contributed by atoms with van der Waals surface area (Å²) in [7, 11) is 0. The summed E-state index contributed by atoms with van der Waals surface area (Å²) in [4.78, 5) is 16.3. The molecule has 0 unspecified atom stereocenters. The Labute approximate surface area is 127 Å². The second kappa shape index (κ2) is 6.59. The average molecular weight is 310 g/mol. The summed E-state index contributed by atoms with van der Waals surface area (Å²) in [5.41, 5.74) is 0.884. The number of carbonyl (C=O) groups is 1. The molecule has 0 saturated heterocycles. The number of aromatic nitrogens is 1. The molecular weight excluding hydrogens is 297 g/mol. The molecule has 0 spiro atoms. The van der Waals surface area contributed by atoms with Crippen LogP contribution >= 0.6 is 23.2 Å². The molecular formula is C14H13Cl2N3O. The number of rotatable bonds is 4. The number of amides is 1. The van der Waals surface area contributed by atoms with Gasteiger partial charge in [-0.25, -0.2) is 4.98 Å². The molecule has 2 aromatic rings. The summed E-state index contributed by atoms with van der Waals surface area (Å²) in [5, 5.41) is 6.51. The van der Waals surface area contributed by atoms with E-state index in [2.05, 4.69) is 15.6 Å². The van der Waals surface area contributed by atoms with Crippen molar-refractivity contribution in [2.45, 2.75) is 6.92 Å². The number of hydrogen-bond donors (Lipinski definition) is 2. The standard InChI is InChI=1S/C14H13Cl2N3O/c1-2-17-13-7-9(11(16)8-18-13)14(20)19-12-6-4-3-5-10(12)15/h3-8H,2H2,1H3,(H,17,18)(H,19,20). The van der Waals surface area contributed by atoms with Crippen molar-refractivity contribution in [1.82, 2.24) is 4.98 Å². The van der Waals surface area contributed by atoms with Crippen LogP contribution in [0.5, 0.6) is 0 Å². The second-order valence-corrected chi connectivity index (χ2v) is 4.83. The molecule has 0 bridgehead atoms. The van der Waals surface area contributed by atoms with Gasteiger partial charge >= 0.3 is 0 Å². The van der Waals surface area contributed by atoms with Crippen LogP contribution in [0.2, 0.25) is 10.0 Å². The highest BCUT2D eigenvalue weighted by Crippen LogP contribution is 2.23. The van der Waals surface area contributed by atoms with E-state index in [0.717, 1.165) is 0 Å². The van der Waals surface area contributed by atoms with E-state index in [9.17, 15) is 4.79 Å². The fourth-order valence-electron chi connectivity index (χ4n) is 1.64. The monoisotopic (exact) mass is 309 g/mol. The highest BCUT2D eigenvalue weighted by molar-refractivity contribution is 6.35. The van der Waals surface area contributed by atoms with E-state index >= 15 is 0 Å². The Morgan fingerprint density at radius 2 is 2.00 bits per heavy atom. The molecule has 6 heteroatoms. The lowest BCUT2D eigenvalue weighted by molar-refractivity contribution is 0.102. The van der Waals surface area contributed by atoms with E-state index in [1.54, 1.807) is 30.3 Å². The molecule has 0 radical (unpaired) electrons. The molecule has 4 nitrogen and oxygen atoms in total. The van der Waals surface area contributed by atoms with Crippen LogP contribution in [-0.2, 0) is 0 Å². The van der Waals surface area contributed by atoms with Gasteiger partial charge in [-0.3, -0.25) is 4.79 Å². The predicted octanol–water partition coefficient (Wildman–Crippen LogP) is 4.07. The lowest BCUT2D eigenvalue weighted by Crippen LogP contribution is -2.14. The van der Waals surface area contributed by atoms with Crippen molar-refractivity contribution in [3.63, 3.8) is 0 Å². The van der Waals surface area contributed by atoms with E-state index in [-0.39, 0.29) is 10.9 Å². The Bertz CT molecular complexity index is 632. The zero-order chi connectivity index (χ0) is 14.5. The van der Waals surface area contributed by atoms with Crippen LogP contribution < -0.4 is 10.6 Å². The van der Waals surface area contributed by atoms with E-state index in [1.807, 2.05) is 6.92 Å². The molecule has 1 aromatic heterocycles. The topological polar surface area (TPSA) is 54.0 Å². The zero-order valence-corrected chi connectivity index (χ0v) is 12.3. The lowest BCUT2D eigenvalue weighted by atomic mass is 10.2. The van der Waals surface area contributed by atoms with Gasteiger partial charge in [-0.1, -0.05) is 35.3 Å². The van der Waals surface area contributed by atoms with Gasteiger partial charge in [-0.05, 0) is 25.1 Å². The first kappa shape index (κ1) is 14.6. The number of carbonyl (C=O) groups excluding carboxylic acids is 1. The normalized spacial score (nSPS) is 10.2. The van der Waals surface area contributed by atoms with Gasteiger partial charge in [0.15, 0.2) is 0 Å². The van der Waals surface area contributed by atoms with Crippen LogP contribution in [0.15, 0.2) is 36.5 Å². The SMILES string of the molecule is CCNc1cc(C(=O)Nc2ccccc2Cl)c(Cl)cn1. The van der Waals surface area contributed by atoms with Gasteiger partial charge in [0.1, 0.15) is 5.82 Å². The van der Waals surface area contributed by atoms with Crippen molar-refractivity contribution in [2.75, 3.05) is 17.2 Å². The Balaban J connectivity index is 2.25. The van der Waals surface area contributed by atoms with Gasteiger partial charge in [0.05, 0.1) is 21.3 Å². The maximum absolute atomic E-state index is 12.2. The van der Waals surface area contributed by atoms with Gasteiger partial charge in [-0.15, -0.1) is 0 Å². The molecule has 2 rings (SSSR count). The van der Waals surface area contributed by atoms with Crippen LogP contribution in [0.1, 0.15) is 17.3 Å². The van der Waals surface area contributed by atoms with Crippen molar-refractivity contribution in [3.8, 4) is 0 Å².